The van der Waals surface area contributed by atoms with Crippen molar-refractivity contribution in [3.05, 3.63) is 69.5 Å². The quantitative estimate of drug-likeness (QED) is 0.586. The zero-order chi connectivity index (χ0) is 18.7. The van der Waals surface area contributed by atoms with Crippen LogP contribution in [-0.4, -0.2) is 0 Å². The van der Waals surface area contributed by atoms with Crippen LogP contribution in [-0.2, 0) is 12.8 Å². The number of fused-ring (bicyclic) bond motifs is 1. The summed E-state index contributed by atoms with van der Waals surface area (Å²) in [6.45, 7) is 2.08. The van der Waals surface area contributed by atoms with E-state index in [9.17, 15) is 13.2 Å². The highest BCUT2D eigenvalue weighted by molar-refractivity contribution is 5.85. The Hall–Kier alpha value is -2.54. The second-order valence-corrected chi connectivity index (χ2v) is 6.67. The molecule has 0 atom stereocenters. The van der Waals surface area contributed by atoms with E-state index in [-0.39, 0.29) is 11.1 Å². The molecule has 134 valence electrons. The van der Waals surface area contributed by atoms with E-state index in [4.69, 9.17) is 5.26 Å². The molecule has 26 heavy (non-hydrogen) atoms. The molecule has 0 unspecified atom stereocenters. The van der Waals surface area contributed by atoms with Crippen molar-refractivity contribution in [3.8, 4) is 6.07 Å². The first-order valence-corrected chi connectivity index (χ1v) is 8.95. The minimum atomic E-state index is -0.569. The van der Waals surface area contributed by atoms with E-state index in [1.165, 1.54) is 18.2 Å². The second kappa shape index (κ2) is 7.78. The molecule has 0 saturated carbocycles. The van der Waals surface area contributed by atoms with Gasteiger partial charge < -0.3 is 0 Å². The van der Waals surface area contributed by atoms with Crippen LogP contribution in [0.4, 0.5) is 13.2 Å². The summed E-state index contributed by atoms with van der Waals surface area (Å²) >= 11 is 0. The number of allylic oxidation sites excluding steroid dienone is 1. The molecule has 0 saturated heterocycles. The number of aryl methyl sites for hydroxylation is 1. The Bertz CT molecular complexity index is 883. The molecule has 0 N–H and O–H groups in total. The van der Waals surface area contributed by atoms with Crippen LogP contribution in [0.1, 0.15) is 60.4 Å². The largest absolute Gasteiger partial charge is 0.206 e. The lowest BCUT2D eigenvalue weighted by Crippen LogP contribution is -2.06. The summed E-state index contributed by atoms with van der Waals surface area (Å²) in [5.41, 5.74) is 2.17. The molecule has 0 amide bonds. The van der Waals surface area contributed by atoms with Crippen LogP contribution in [0.5, 0.6) is 0 Å². The normalized spacial score (nSPS) is 13.1. The first kappa shape index (κ1) is 18.3. The zero-order valence-electron chi connectivity index (χ0n) is 14.7. The summed E-state index contributed by atoms with van der Waals surface area (Å²) in [5, 5.41) is 8.92. The number of benzene rings is 2. The molecule has 0 aromatic heterocycles. The smallest absolute Gasteiger partial charge is 0.144 e. The van der Waals surface area contributed by atoms with Gasteiger partial charge in [0.05, 0.1) is 5.56 Å². The Kier molecular flexibility index (Phi) is 5.46. The average Bonchev–Trinajstić information content (AvgIpc) is 2.62. The van der Waals surface area contributed by atoms with Crippen molar-refractivity contribution in [1.82, 2.24) is 0 Å². The topological polar surface area (TPSA) is 23.8 Å². The van der Waals surface area contributed by atoms with Crippen molar-refractivity contribution in [2.24, 2.45) is 0 Å². The van der Waals surface area contributed by atoms with E-state index in [0.29, 0.717) is 41.5 Å². The molecule has 1 aliphatic carbocycles. The van der Waals surface area contributed by atoms with Crippen LogP contribution in [0, 0.1) is 28.8 Å². The number of nitrogens with zero attached hydrogens (tertiary/aromatic N) is 1. The van der Waals surface area contributed by atoms with Crippen molar-refractivity contribution < 1.29 is 13.2 Å². The third kappa shape index (κ3) is 3.53. The van der Waals surface area contributed by atoms with Gasteiger partial charge in [0.2, 0.25) is 0 Å². The van der Waals surface area contributed by atoms with Crippen molar-refractivity contribution in [2.45, 2.75) is 45.4 Å². The summed E-state index contributed by atoms with van der Waals surface area (Å²) < 4.78 is 43.4. The minimum absolute atomic E-state index is 0.00519. The van der Waals surface area contributed by atoms with Crippen molar-refractivity contribution in [1.29, 1.82) is 5.26 Å². The summed E-state index contributed by atoms with van der Waals surface area (Å²) in [4.78, 5) is 0. The van der Waals surface area contributed by atoms with Crippen LogP contribution in [0.2, 0.25) is 0 Å². The van der Waals surface area contributed by atoms with E-state index in [0.717, 1.165) is 19.3 Å². The molecule has 1 aliphatic rings. The SMILES string of the molecule is CCCCCc1cc(F)c(C2=Cc3ccc(C#N)c(F)c3CC2)c(F)c1. The van der Waals surface area contributed by atoms with E-state index < -0.39 is 17.5 Å². The third-order valence-corrected chi connectivity index (χ3v) is 4.87. The number of unbranched alkanes of at least 4 members (excludes halogenated alkanes) is 2. The highest BCUT2D eigenvalue weighted by Crippen LogP contribution is 2.35. The highest BCUT2D eigenvalue weighted by Gasteiger charge is 2.22. The molecule has 0 spiro atoms. The predicted molar refractivity (Wildman–Crippen MR) is 96.9 cm³/mol. The van der Waals surface area contributed by atoms with Crippen LogP contribution in [0.15, 0.2) is 24.3 Å². The second-order valence-electron chi connectivity index (χ2n) is 6.67. The lowest BCUT2D eigenvalue weighted by atomic mass is 9.86. The zero-order valence-corrected chi connectivity index (χ0v) is 14.7. The molecule has 4 heteroatoms. The first-order chi connectivity index (χ1) is 12.5. The Labute approximate surface area is 151 Å². The number of nitriles is 1. The maximum atomic E-state index is 14.6. The van der Waals surface area contributed by atoms with Gasteiger partial charge in [-0.05, 0) is 66.1 Å². The standard InChI is InChI=1S/C22H20F3N/c1-2-3-4-5-14-10-19(23)21(20(24)11-14)16-8-9-18-15(12-16)6-7-17(13-26)22(18)25/h6-7,10-12H,2-5,8-9H2,1H3. The van der Waals surface area contributed by atoms with Gasteiger partial charge in [-0.3, -0.25) is 0 Å². The Morgan fingerprint density at radius 3 is 2.42 bits per heavy atom. The molecular formula is C22H20F3N. The molecule has 0 fully saturated rings. The molecule has 0 radical (unpaired) electrons. The molecule has 2 aromatic carbocycles. The van der Waals surface area contributed by atoms with Crippen molar-refractivity contribution in [3.63, 3.8) is 0 Å². The predicted octanol–water partition coefficient (Wildman–Crippen LogP) is 6.20. The summed E-state index contributed by atoms with van der Waals surface area (Å²) in [6.07, 6.45) is 5.93. The maximum Gasteiger partial charge on any atom is 0.144 e. The van der Waals surface area contributed by atoms with Crippen LogP contribution in [0.25, 0.3) is 11.6 Å². The highest BCUT2D eigenvalue weighted by atomic mass is 19.1. The maximum absolute atomic E-state index is 14.6. The fraction of sp³-hybridized carbons (Fsp3) is 0.318. The van der Waals surface area contributed by atoms with E-state index in [1.807, 2.05) is 6.07 Å². The minimum Gasteiger partial charge on any atom is -0.206 e. The lowest BCUT2D eigenvalue weighted by Gasteiger charge is -2.19. The van der Waals surface area contributed by atoms with E-state index in [1.54, 1.807) is 12.1 Å². The monoisotopic (exact) mass is 355 g/mol. The molecule has 0 heterocycles. The third-order valence-electron chi connectivity index (χ3n) is 4.87. The average molecular weight is 355 g/mol. The fourth-order valence-electron chi connectivity index (χ4n) is 3.48. The Morgan fingerprint density at radius 1 is 1.04 bits per heavy atom. The van der Waals surface area contributed by atoms with Gasteiger partial charge >= 0.3 is 0 Å². The van der Waals surface area contributed by atoms with E-state index in [2.05, 4.69) is 6.92 Å². The summed E-state index contributed by atoms with van der Waals surface area (Å²) in [7, 11) is 0. The van der Waals surface area contributed by atoms with Gasteiger partial charge in [0.15, 0.2) is 0 Å². The summed E-state index contributed by atoms with van der Waals surface area (Å²) in [5.74, 6) is -1.67. The Balaban J connectivity index is 1.95. The molecule has 0 aliphatic heterocycles. The number of hydrogen-bond donors (Lipinski definition) is 0. The Morgan fingerprint density at radius 2 is 1.77 bits per heavy atom. The molecular weight excluding hydrogens is 335 g/mol. The number of rotatable bonds is 5. The molecule has 0 bridgehead atoms. The van der Waals surface area contributed by atoms with Crippen molar-refractivity contribution >= 4 is 11.6 Å². The number of hydrogen-bond acceptors (Lipinski definition) is 1. The summed E-state index contributed by atoms with van der Waals surface area (Å²) in [6, 6.07) is 7.66. The molecule has 2 aromatic rings. The van der Waals surface area contributed by atoms with E-state index >= 15 is 0 Å². The molecule has 1 nitrogen and oxygen atoms in total. The van der Waals surface area contributed by atoms with Crippen LogP contribution in [0.3, 0.4) is 0 Å². The fourth-order valence-corrected chi connectivity index (χ4v) is 3.48. The van der Waals surface area contributed by atoms with Gasteiger partial charge in [-0.25, -0.2) is 13.2 Å². The first-order valence-electron chi connectivity index (χ1n) is 8.95. The van der Waals surface area contributed by atoms with Gasteiger partial charge in [-0.1, -0.05) is 31.9 Å². The molecule has 3 rings (SSSR count). The van der Waals surface area contributed by atoms with Gasteiger partial charge in [0, 0.05) is 5.56 Å². The lowest BCUT2D eigenvalue weighted by molar-refractivity contribution is 0.569. The van der Waals surface area contributed by atoms with Crippen LogP contribution < -0.4 is 0 Å². The van der Waals surface area contributed by atoms with Gasteiger partial charge in [0.1, 0.15) is 23.5 Å². The van der Waals surface area contributed by atoms with Crippen molar-refractivity contribution in [2.75, 3.05) is 0 Å². The van der Waals surface area contributed by atoms with Gasteiger partial charge in [-0.15, -0.1) is 0 Å². The van der Waals surface area contributed by atoms with Crippen LogP contribution >= 0.6 is 0 Å². The van der Waals surface area contributed by atoms with Gasteiger partial charge in [0.25, 0.3) is 0 Å². The number of halogens is 3. The van der Waals surface area contributed by atoms with Gasteiger partial charge in [-0.2, -0.15) is 5.26 Å².